The molecule has 0 amide bonds. The van der Waals surface area contributed by atoms with Crippen LogP contribution in [0.3, 0.4) is 0 Å². The molecule has 0 bridgehead atoms. The number of aromatic hydroxyl groups is 1. The van der Waals surface area contributed by atoms with Crippen molar-refractivity contribution in [2.75, 3.05) is 0 Å². The molecule has 2 aromatic heterocycles. The van der Waals surface area contributed by atoms with E-state index in [1.165, 1.54) is 4.68 Å². The zero-order valence-electron chi connectivity index (χ0n) is 15.2. The van der Waals surface area contributed by atoms with Crippen molar-refractivity contribution in [3.63, 3.8) is 0 Å². The first kappa shape index (κ1) is 18.0. The van der Waals surface area contributed by atoms with Gasteiger partial charge in [-0.25, -0.2) is 14.5 Å². The van der Waals surface area contributed by atoms with E-state index in [9.17, 15) is 9.90 Å². The Morgan fingerprint density at radius 2 is 1.71 bits per heavy atom. The Morgan fingerprint density at radius 3 is 2.39 bits per heavy atom. The van der Waals surface area contributed by atoms with Crippen LogP contribution in [0, 0.1) is 6.92 Å². The molecule has 7 heteroatoms. The molecule has 4 aromatic rings. The average Bonchev–Trinajstić information content (AvgIpc) is 3.07. The highest BCUT2D eigenvalue weighted by Crippen LogP contribution is 2.34. The van der Waals surface area contributed by atoms with Crippen molar-refractivity contribution in [1.82, 2.24) is 14.8 Å². The van der Waals surface area contributed by atoms with Crippen LogP contribution in [0.1, 0.15) is 5.56 Å². The number of rotatable bonds is 3. The zero-order chi connectivity index (χ0) is 19.8. The lowest BCUT2D eigenvalue weighted by Crippen LogP contribution is -2.09. The molecule has 2 heterocycles. The summed E-state index contributed by atoms with van der Waals surface area (Å²) in [6.07, 6.45) is 0. The molecular weight excluding hydrogens is 378 g/mol. The Hall–Kier alpha value is -3.38. The van der Waals surface area contributed by atoms with Gasteiger partial charge < -0.3 is 9.52 Å². The first-order valence-electron chi connectivity index (χ1n) is 8.55. The monoisotopic (exact) mass is 393 g/mol. The maximum atomic E-state index is 12.7. The van der Waals surface area contributed by atoms with Crippen LogP contribution in [0.2, 0.25) is 5.02 Å². The molecule has 0 fully saturated rings. The van der Waals surface area contributed by atoms with Gasteiger partial charge in [-0.3, -0.25) is 0 Å². The Labute approximate surface area is 165 Å². The van der Waals surface area contributed by atoms with Gasteiger partial charge in [0.1, 0.15) is 17.1 Å². The topological polar surface area (TPSA) is 81.2 Å². The van der Waals surface area contributed by atoms with Gasteiger partial charge in [-0.05, 0) is 31.2 Å². The molecule has 28 heavy (non-hydrogen) atoms. The molecule has 140 valence electrons. The van der Waals surface area contributed by atoms with Crippen LogP contribution in [0.25, 0.3) is 34.1 Å². The third kappa shape index (κ3) is 3.08. The van der Waals surface area contributed by atoms with Gasteiger partial charge in [0.05, 0.1) is 0 Å². The predicted octanol–water partition coefficient (Wildman–Crippen LogP) is 4.44. The molecule has 6 nitrogen and oxygen atoms in total. The molecular formula is C21H16ClN3O3. The maximum Gasteiger partial charge on any atom is 0.351 e. The standard InChI is InChI=1S/C21H16ClN3O3/c1-12-17(26)16(21(27)28-18(12)13-6-4-3-5-7-13)20-23-19(24-25(20)2)14-8-10-15(22)11-9-14/h3-11,26H,1-2H3. The smallest absolute Gasteiger partial charge is 0.351 e. The third-order valence-electron chi connectivity index (χ3n) is 4.46. The van der Waals surface area contributed by atoms with E-state index in [0.29, 0.717) is 27.7 Å². The summed E-state index contributed by atoms with van der Waals surface area (Å²) in [6.45, 7) is 1.70. The number of aryl methyl sites for hydroxylation is 1. The van der Waals surface area contributed by atoms with Gasteiger partial charge in [0.2, 0.25) is 0 Å². The molecule has 0 radical (unpaired) electrons. The van der Waals surface area contributed by atoms with Gasteiger partial charge in [-0.15, -0.1) is 0 Å². The molecule has 0 unspecified atom stereocenters. The van der Waals surface area contributed by atoms with Crippen molar-refractivity contribution in [3.05, 3.63) is 75.6 Å². The summed E-state index contributed by atoms with van der Waals surface area (Å²) in [5.74, 6) is 0.789. The Kier molecular flexibility index (Phi) is 4.49. The van der Waals surface area contributed by atoms with Gasteiger partial charge in [0, 0.05) is 28.8 Å². The lowest BCUT2D eigenvalue weighted by Gasteiger charge is -2.09. The van der Waals surface area contributed by atoms with Crippen molar-refractivity contribution < 1.29 is 9.52 Å². The van der Waals surface area contributed by atoms with Gasteiger partial charge in [-0.2, -0.15) is 5.10 Å². The Balaban J connectivity index is 1.86. The van der Waals surface area contributed by atoms with E-state index >= 15 is 0 Å². The second-order valence-corrected chi connectivity index (χ2v) is 6.76. The minimum Gasteiger partial charge on any atom is -0.506 e. The molecule has 0 atom stereocenters. The fourth-order valence-electron chi connectivity index (χ4n) is 3.00. The largest absolute Gasteiger partial charge is 0.506 e. The van der Waals surface area contributed by atoms with E-state index in [1.807, 2.05) is 30.3 Å². The highest BCUT2D eigenvalue weighted by atomic mass is 35.5. The number of aromatic nitrogens is 3. The molecule has 0 aliphatic heterocycles. The molecule has 1 N–H and O–H groups in total. The van der Waals surface area contributed by atoms with Gasteiger partial charge in [0.25, 0.3) is 0 Å². The lowest BCUT2D eigenvalue weighted by molar-refractivity contribution is 0.449. The second kappa shape index (κ2) is 6.98. The normalized spacial score (nSPS) is 11.0. The first-order valence-corrected chi connectivity index (χ1v) is 8.93. The summed E-state index contributed by atoms with van der Waals surface area (Å²) in [7, 11) is 1.65. The highest BCUT2D eigenvalue weighted by Gasteiger charge is 2.23. The summed E-state index contributed by atoms with van der Waals surface area (Å²) < 4.78 is 6.97. The minimum atomic E-state index is -0.680. The predicted molar refractivity (Wildman–Crippen MR) is 107 cm³/mol. The molecule has 0 aliphatic rings. The van der Waals surface area contributed by atoms with Crippen LogP contribution in [0.15, 0.2) is 63.8 Å². The molecule has 0 saturated heterocycles. The quantitative estimate of drug-likeness (QED) is 0.556. The van der Waals surface area contributed by atoms with E-state index in [4.69, 9.17) is 16.0 Å². The molecule has 0 spiro atoms. The summed E-state index contributed by atoms with van der Waals surface area (Å²) >= 11 is 5.92. The fraction of sp³-hybridized carbons (Fsp3) is 0.0952. The van der Waals surface area contributed by atoms with Gasteiger partial charge >= 0.3 is 5.63 Å². The number of benzene rings is 2. The van der Waals surface area contributed by atoms with Gasteiger partial charge in [-0.1, -0.05) is 41.9 Å². The third-order valence-corrected chi connectivity index (χ3v) is 4.71. The molecule has 0 saturated carbocycles. The highest BCUT2D eigenvalue weighted by molar-refractivity contribution is 6.30. The first-order chi connectivity index (χ1) is 13.5. The van der Waals surface area contributed by atoms with E-state index in [2.05, 4.69) is 10.1 Å². The minimum absolute atomic E-state index is 0.0209. The SMILES string of the molecule is Cc1c(-c2ccccc2)oc(=O)c(-c2nc(-c3ccc(Cl)cc3)nn2C)c1O. The number of nitrogens with zero attached hydrogens (tertiary/aromatic N) is 3. The lowest BCUT2D eigenvalue weighted by atomic mass is 10.1. The Morgan fingerprint density at radius 1 is 1.04 bits per heavy atom. The maximum absolute atomic E-state index is 12.7. The molecule has 0 aliphatic carbocycles. The van der Waals surface area contributed by atoms with Crippen molar-refractivity contribution in [1.29, 1.82) is 0 Å². The summed E-state index contributed by atoms with van der Waals surface area (Å²) in [5, 5.41) is 15.7. The van der Waals surface area contributed by atoms with E-state index in [-0.39, 0.29) is 17.1 Å². The summed E-state index contributed by atoms with van der Waals surface area (Å²) in [6, 6.07) is 16.2. The second-order valence-electron chi connectivity index (χ2n) is 6.32. The van der Waals surface area contributed by atoms with E-state index in [1.54, 1.807) is 38.2 Å². The van der Waals surface area contributed by atoms with Crippen LogP contribution >= 0.6 is 11.6 Å². The van der Waals surface area contributed by atoms with Crippen molar-refractivity contribution in [2.45, 2.75) is 6.92 Å². The van der Waals surface area contributed by atoms with Crippen LogP contribution < -0.4 is 5.63 Å². The summed E-state index contributed by atoms with van der Waals surface area (Å²) in [4.78, 5) is 17.1. The van der Waals surface area contributed by atoms with Crippen LogP contribution in [0.5, 0.6) is 5.75 Å². The van der Waals surface area contributed by atoms with Crippen molar-refractivity contribution in [3.8, 4) is 39.8 Å². The van der Waals surface area contributed by atoms with Crippen LogP contribution in [-0.2, 0) is 7.05 Å². The zero-order valence-corrected chi connectivity index (χ0v) is 15.9. The van der Waals surface area contributed by atoms with Crippen LogP contribution in [0.4, 0.5) is 0 Å². The fourth-order valence-corrected chi connectivity index (χ4v) is 3.12. The van der Waals surface area contributed by atoms with Crippen LogP contribution in [-0.4, -0.2) is 19.9 Å². The van der Waals surface area contributed by atoms with Crippen molar-refractivity contribution >= 4 is 11.6 Å². The molecule has 4 rings (SSSR count). The number of hydrogen-bond acceptors (Lipinski definition) is 5. The number of hydrogen-bond donors (Lipinski definition) is 1. The van der Waals surface area contributed by atoms with E-state index < -0.39 is 5.63 Å². The Bertz CT molecular complexity index is 1210. The average molecular weight is 394 g/mol. The van der Waals surface area contributed by atoms with E-state index in [0.717, 1.165) is 5.56 Å². The summed E-state index contributed by atoms with van der Waals surface area (Å²) in [5.41, 5.74) is 1.20. The molecule has 2 aromatic carbocycles. The van der Waals surface area contributed by atoms with Gasteiger partial charge in [0.15, 0.2) is 11.6 Å². The number of halogens is 1. The van der Waals surface area contributed by atoms with Crippen molar-refractivity contribution in [2.24, 2.45) is 7.05 Å².